The van der Waals surface area contributed by atoms with Crippen LogP contribution in [0.2, 0.25) is 0 Å². The predicted molar refractivity (Wildman–Crippen MR) is 60.2 cm³/mol. The molecule has 0 heterocycles. The molecule has 2 unspecified atom stereocenters. The van der Waals surface area contributed by atoms with Gasteiger partial charge in [-0.25, -0.2) is 4.39 Å². The number of hydrogen-bond donors (Lipinski definition) is 4. The molecule has 0 fully saturated rings. The topological polar surface area (TPSA) is 92.5 Å². The highest BCUT2D eigenvalue weighted by atomic mass is 19.1. The van der Waals surface area contributed by atoms with Gasteiger partial charge in [0.25, 0.3) is 0 Å². The largest absolute Gasteiger partial charge is 0.398 e. The highest BCUT2D eigenvalue weighted by Crippen LogP contribution is 2.27. The van der Waals surface area contributed by atoms with Gasteiger partial charge in [-0.05, 0) is 37.6 Å². The van der Waals surface area contributed by atoms with Crippen LogP contribution in [-0.4, -0.2) is 22.9 Å². The fourth-order valence-corrected chi connectivity index (χ4v) is 1.56. The third-order valence-corrected chi connectivity index (χ3v) is 2.53. The van der Waals surface area contributed by atoms with Crippen LogP contribution in [0.5, 0.6) is 0 Å². The number of rotatable bonds is 4. The second-order valence-corrected chi connectivity index (χ2v) is 3.82. The van der Waals surface area contributed by atoms with Gasteiger partial charge in [0.1, 0.15) is 11.9 Å². The molecule has 0 radical (unpaired) electrons. The maximum absolute atomic E-state index is 13.1. The monoisotopic (exact) mass is 228 g/mol. The van der Waals surface area contributed by atoms with Gasteiger partial charge in [0.2, 0.25) is 0 Å². The van der Waals surface area contributed by atoms with E-state index < -0.39 is 18.0 Å². The summed E-state index contributed by atoms with van der Waals surface area (Å²) in [4.78, 5) is 0. The van der Waals surface area contributed by atoms with Crippen LogP contribution >= 0.6 is 0 Å². The number of nitrogens with two attached hydrogens (primary N) is 2. The normalized spacial score (nSPS) is 14.8. The molecule has 0 amide bonds. The molecule has 1 aromatic rings. The van der Waals surface area contributed by atoms with Crippen LogP contribution in [0, 0.1) is 12.7 Å². The molecular formula is C11H17FN2O2. The van der Waals surface area contributed by atoms with Crippen molar-refractivity contribution < 1.29 is 14.6 Å². The van der Waals surface area contributed by atoms with E-state index in [4.69, 9.17) is 11.5 Å². The highest BCUT2D eigenvalue weighted by Gasteiger charge is 2.21. The molecule has 5 heteroatoms. The van der Waals surface area contributed by atoms with E-state index in [0.717, 1.165) is 6.07 Å². The second-order valence-electron chi connectivity index (χ2n) is 3.82. The first-order valence-corrected chi connectivity index (χ1v) is 5.09. The fourth-order valence-electron chi connectivity index (χ4n) is 1.56. The summed E-state index contributed by atoms with van der Waals surface area (Å²) in [6, 6.07) is 2.41. The summed E-state index contributed by atoms with van der Waals surface area (Å²) >= 11 is 0. The number of halogens is 1. The SMILES string of the molecule is Cc1cc(F)cc(C(O)C(O)CCN)c1N. The molecule has 0 aliphatic rings. The van der Waals surface area contributed by atoms with E-state index in [0.29, 0.717) is 11.3 Å². The van der Waals surface area contributed by atoms with E-state index in [1.54, 1.807) is 6.92 Å². The zero-order valence-electron chi connectivity index (χ0n) is 9.15. The molecule has 0 aliphatic heterocycles. The van der Waals surface area contributed by atoms with Crippen molar-refractivity contribution >= 4 is 5.69 Å². The molecule has 0 aromatic heterocycles. The lowest BCUT2D eigenvalue weighted by atomic mass is 9.98. The molecule has 0 aliphatic carbocycles. The van der Waals surface area contributed by atoms with E-state index >= 15 is 0 Å². The van der Waals surface area contributed by atoms with Gasteiger partial charge in [-0.15, -0.1) is 0 Å². The van der Waals surface area contributed by atoms with Gasteiger partial charge in [-0.3, -0.25) is 0 Å². The van der Waals surface area contributed by atoms with Crippen molar-refractivity contribution in [1.82, 2.24) is 0 Å². The standard InChI is InChI=1S/C11H17FN2O2/c1-6-4-7(12)5-8(10(6)14)11(16)9(15)2-3-13/h4-5,9,11,15-16H,2-3,13-14H2,1H3. The fraction of sp³-hybridized carbons (Fsp3) is 0.455. The van der Waals surface area contributed by atoms with Crippen molar-refractivity contribution in [2.45, 2.75) is 25.6 Å². The third kappa shape index (κ3) is 2.69. The number of anilines is 1. The summed E-state index contributed by atoms with van der Waals surface area (Å²) in [5.74, 6) is -0.485. The highest BCUT2D eigenvalue weighted by molar-refractivity contribution is 5.54. The minimum atomic E-state index is -1.21. The van der Waals surface area contributed by atoms with Gasteiger partial charge >= 0.3 is 0 Å². The Labute approximate surface area is 93.7 Å². The van der Waals surface area contributed by atoms with Crippen molar-refractivity contribution in [2.24, 2.45) is 5.73 Å². The van der Waals surface area contributed by atoms with Crippen LogP contribution in [0.4, 0.5) is 10.1 Å². The Kier molecular flexibility index (Phi) is 4.23. The van der Waals surface area contributed by atoms with Gasteiger partial charge in [0.05, 0.1) is 6.10 Å². The maximum Gasteiger partial charge on any atom is 0.123 e. The molecule has 0 bridgehead atoms. The van der Waals surface area contributed by atoms with Gasteiger partial charge in [-0.1, -0.05) is 0 Å². The summed E-state index contributed by atoms with van der Waals surface area (Å²) in [5, 5.41) is 19.4. The lowest BCUT2D eigenvalue weighted by Gasteiger charge is -2.20. The number of benzene rings is 1. The predicted octanol–water partition coefficient (Wildman–Crippen LogP) is 0.459. The lowest BCUT2D eigenvalue weighted by molar-refractivity contribution is 0.0153. The van der Waals surface area contributed by atoms with E-state index in [2.05, 4.69) is 0 Å². The first-order valence-electron chi connectivity index (χ1n) is 5.09. The molecule has 4 nitrogen and oxygen atoms in total. The average Bonchev–Trinajstić information content (AvgIpc) is 2.22. The van der Waals surface area contributed by atoms with Crippen molar-refractivity contribution in [3.05, 3.63) is 29.1 Å². The molecule has 1 rings (SSSR count). The first kappa shape index (κ1) is 12.9. The Morgan fingerprint density at radius 2 is 2.00 bits per heavy atom. The Balaban J connectivity index is 3.03. The zero-order valence-corrected chi connectivity index (χ0v) is 9.15. The number of aliphatic hydroxyl groups excluding tert-OH is 2. The van der Waals surface area contributed by atoms with E-state index in [1.165, 1.54) is 6.07 Å². The van der Waals surface area contributed by atoms with E-state index in [-0.39, 0.29) is 18.5 Å². The summed E-state index contributed by atoms with van der Waals surface area (Å²) in [6.45, 7) is 1.89. The number of hydrogen-bond acceptors (Lipinski definition) is 4. The second kappa shape index (κ2) is 5.25. The summed E-state index contributed by atoms with van der Waals surface area (Å²) in [5.41, 5.74) is 12.0. The molecule has 2 atom stereocenters. The molecule has 90 valence electrons. The molecule has 0 spiro atoms. The smallest absolute Gasteiger partial charge is 0.123 e. The van der Waals surface area contributed by atoms with Gasteiger partial charge in [0, 0.05) is 11.3 Å². The Bertz CT molecular complexity index is 371. The van der Waals surface area contributed by atoms with Crippen LogP contribution in [-0.2, 0) is 0 Å². The van der Waals surface area contributed by atoms with E-state index in [9.17, 15) is 14.6 Å². The molecule has 0 saturated heterocycles. The van der Waals surface area contributed by atoms with Crippen LogP contribution < -0.4 is 11.5 Å². The number of aryl methyl sites for hydroxylation is 1. The molecule has 1 aromatic carbocycles. The van der Waals surface area contributed by atoms with Crippen molar-refractivity contribution in [3.8, 4) is 0 Å². The van der Waals surface area contributed by atoms with Crippen LogP contribution in [0.3, 0.4) is 0 Å². The van der Waals surface area contributed by atoms with Crippen molar-refractivity contribution in [1.29, 1.82) is 0 Å². The first-order chi connectivity index (χ1) is 7.47. The van der Waals surface area contributed by atoms with Gasteiger partial charge in [0.15, 0.2) is 0 Å². The van der Waals surface area contributed by atoms with Gasteiger partial charge < -0.3 is 21.7 Å². The van der Waals surface area contributed by atoms with Crippen LogP contribution in [0.1, 0.15) is 23.7 Å². The molecule has 0 saturated carbocycles. The molecular weight excluding hydrogens is 211 g/mol. The maximum atomic E-state index is 13.1. The minimum absolute atomic E-state index is 0.207. The quantitative estimate of drug-likeness (QED) is 0.563. The number of nitrogen functional groups attached to an aromatic ring is 1. The van der Waals surface area contributed by atoms with Crippen molar-refractivity contribution in [2.75, 3.05) is 12.3 Å². The molecule has 16 heavy (non-hydrogen) atoms. The van der Waals surface area contributed by atoms with Crippen LogP contribution in [0.25, 0.3) is 0 Å². The molecule has 6 N–H and O–H groups in total. The lowest BCUT2D eigenvalue weighted by Crippen LogP contribution is -2.23. The number of aliphatic hydroxyl groups is 2. The summed E-state index contributed by atoms with van der Waals surface area (Å²) in [7, 11) is 0. The van der Waals surface area contributed by atoms with Crippen molar-refractivity contribution in [3.63, 3.8) is 0 Å². The summed E-state index contributed by atoms with van der Waals surface area (Å²) in [6.07, 6.45) is -2.01. The Morgan fingerprint density at radius 1 is 1.38 bits per heavy atom. The van der Waals surface area contributed by atoms with E-state index in [1.807, 2.05) is 0 Å². The van der Waals surface area contributed by atoms with Gasteiger partial charge in [-0.2, -0.15) is 0 Å². The Hall–Kier alpha value is -1.17. The minimum Gasteiger partial charge on any atom is -0.398 e. The van der Waals surface area contributed by atoms with Crippen LogP contribution in [0.15, 0.2) is 12.1 Å². The Morgan fingerprint density at radius 3 is 2.56 bits per heavy atom. The summed E-state index contributed by atoms with van der Waals surface area (Å²) < 4.78 is 13.1. The average molecular weight is 228 g/mol. The zero-order chi connectivity index (χ0) is 12.3. The third-order valence-electron chi connectivity index (χ3n) is 2.53.